The highest BCUT2D eigenvalue weighted by molar-refractivity contribution is 5.87. The van der Waals surface area contributed by atoms with Crippen LogP contribution in [0.3, 0.4) is 0 Å². The average Bonchev–Trinajstić information content (AvgIpc) is 2.56. The van der Waals surface area contributed by atoms with E-state index in [2.05, 4.69) is 19.1 Å². The number of benzene rings is 3. The molecule has 0 aliphatic heterocycles. The van der Waals surface area contributed by atoms with Crippen molar-refractivity contribution in [1.29, 1.82) is 0 Å². The van der Waals surface area contributed by atoms with E-state index in [1.165, 1.54) is 5.56 Å². The first-order valence-electron chi connectivity index (χ1n) is 7.76. The highest BCUT2D eigenvalue weighted by Crippen LogP contribution is 2.27. The third kappa shape index (κ3) is 3.24. The molecule has 0 heterocycles. The summed E-state index contributed by atoms with van der Waals surface area (Å²) in [6.07, 6.45) is 3.35. The molecule has 0 aliphatic carbocycles. The van der Waals surface area contributed by atoms with Crippen molar-refractivity contribution in [3.63, 3.8) is 0 Å². The van der Waals surface area contributed by atoms with Gasteiger partial charge in [0, 0.05) is 0 Å². The van der Waals surface area contributed by atoms with Crippen LogP contribution in [-0.2, 0) is 6.42 Å². The van der Waals surface area contributed by atoms with Crippen molar-refractivity contribution in [3.8, 4) is 11.1 Å². The van der Waals surface area contributed by atoms with Gasteiger partial charge in [0.1, 0.15) is 0 Å². The van der Waals surface area contributed by atoms with Crippen molar-refractivity contribution < 1.29 is 13.2 Å². The molecule has 3 heteroatoms. The van der Waals surface area contributed by atoms with Crippen LogP contribution in [0.4, 0.5) is 13.2 Å². The number of aryl methyl sites for hydroxylation is 1. The van der Waals surface area contributed by atoms with Gasteiger partial charge < -0.3 is 0 Å². The number of halogens is 3. The number of unbranched alkanes of at least 4 members (excludes halogenated alkanes) is 1. The number of rotatable bonds is 4. The monoisotopic (exact) mass is 314 g/mol. The Morgan fingerprint density at radius 3 is 2.09 bits per heavy atom. The van der Waals surface area contributed by atoms with Gasteiger partial charge in [-0.05, 0) is 58.5 Å². The first-order chi connectivity index (χ1) is 11.1. The molecule has 23 heavy (non-hydrogen) atoms. The van der Waals surface area contributed by atoms with Crippen LogP contribution in [0.1, 0.15) is 25.3 Å². The van der Waals surface area contributed by atoms with Gasteiger partial charge in [0.2, 0.25) is 0 Å². The second-order valence-electron chi connectivity index (χ2n) is 5.75. The SMILES string of the molecule is CCCCc1ccc2cc(-c3cc(F)c(F)c(F)c3)ccc2c1. The zero-order valence-electron chi connectivity index (χ0n) is 12.9. The van der Waals surface area contributed by atoms with Crippen molar-refractivity contribution in [2.45, 2.75) is 26.2 Å². The van der Waals surface area contributed by atoms with Gasteiger partial charge in [0.15, 0.2) is 17.5 Å². The average molecular weight is 314 g/mol. The van der Waals surface area contributed by atoms with Gasteiger partial charge in [-0.15, -0.1) is 0 Å². The molecule has 0 aromatic heterocycles. The topological polar surface area (TPSA) is 0 Å². The zero-order chi connectivity index (χ0) is 16.4. The Hall–Kier alpha value is -2.29. The van der Waals surface area contributed by atoms with Crippen molar-refractivity contribution in [2.24, 2.45) is 0 Å². The summed E-state index contributed by atoms with van der Waals surface area (Å²) in [5.74, 6) is -3.78. The van der Waals surface area contributed by atoms with Crippen LogP contribution >= 0.6 is 0 Å². The second kappa shape index (κ2) is 6.45. The maximum atomic E-state index is 13.4. The number of hydrogen-bond donors (Lipinski definition) is 0. The Kier molecular flexibility index (Phi) is 4.37. The summed E-state index contributed by atoms with van der Waals surface area (Å²) in [7, 11) is 0. The summed E-state index contributed by atoms with van der Waals surface area (Å²) in [5, 5.41) is 2.08. The maximum absolute atomic E-state index is 13.4. The molecule has 3 aromatic rings. The molecular weight excluding hydrogens is 297 g/mol. The molecule has 3 rings (SSSR count). The molecule has 0 nitrogen and oxygen atoms in total. The smallest absolute Gasteiger partial charge is 0.194 e. The Morgan fingerprint density at radius 1 is 0.739 bits per heavy atom. The lowest BCUT2D eigenvalue weighted by atomic mass is 9.98. The Labute approximate surface area is 133 Å². The van der Waals surface area contributed by atoms with Gasteiger partial charge in [0.05, 0.1) is 0 Å². The van der Waals surface area contributed by atoms with E-state index in [1.54, 1.807) is 6.07 Å². The van der Waals surface area contributed by atoms with Crippen LogP contribution in [0.25, 0.3) is 21.9 Å². The van der Waals surface area contributed by atoms with Gasteiger partial charge in [0.25, 0.3) is 0 Å². The van der Waals surface area contributed by atoms with Crippen molar-refractivity contribution in [2.75, 3.05) is 0 Å². The molecule has 0 aliphatic rings. The number of fused-ring (bicyclic) bond motifs is 1. The highest BCUT2D eigenvalue weighted by atomic mass is 19.2. The fraction of sp³-hybridized carbons (Fsp3) is 0.200. The molecule has 0 radical (unpaired) electrons. The molecule has 0 atom stereocenters. The van der Waals surface area contributed by atoms with E-state index < -0.39 is 17.5 Å². The summed E-state index contributed by atoms with van der Waals surface area (Å²) < 4.78 is 39.9. The van der Waals surface area contributed by atoms with Crippen LogP contribution in [0.5, 0.6) is 0 Å². The molecule has 118 valence electrons. The summed E-state index contributed by atoms with van der Waals surface area (Å²) in [5.41, 5.74) is 2.28. The fourth-order valence-corrected chi connectivity index (χ4v) is 2.73. The van der Waals surface area contributed by atoms with E-state index in [0.29, 0.717) is 11.1 Å². The van der Waals surface area contributed by atoms with Crippen LogP contribution in [0, 0.1) is 17.5 Å². The molecule has 0 saturated heterocycles. The summed E-state index contributed by atoms with van der Waals surface area (Å²) >= 11 is 0. The zero-order valence-corrected chi connectivity index (χ0v) is 12.9. The van der Waals surface area contributed by atoms with Gasteiger partial charge in [-0.3, -0.25) is 0 Å². The molecule has 0 bridgehead atoms. The highest BCUT2D eigenvalue weighted by Gasteiger charge is 2.11. The Morgan fingerprint density at radius 2 is 1.39 bits per heavy atom. The van der Waals surface area contributed by atoms with Gasteiger partial charge in [-0.1, -0.05) is 43.7 Å². The van der Waals surface area contributed by atoms with Crippen LogP contribution in [0.15, 0.2) is 48.5 Å². The van der Waals surface area contributed by atoms with Crippen LogP contribution in [0.2, 0.25) is 0 Å². The van der Waals surface area contributed by atoms with Gasteiger partial charge in [-0.25, -0.2) is 13.2 Å². The normalized spacial score (nSPS) is 11.1. The molecule has 0 amide bonds. The summed E-state index contributed by atoms with van der Waals surface area (Å²) in [4.78, 5) is 0. The maximum Gasteiger partial charge on any atom is 0.194 e. The largest absolute Gasteiger partial charge is 0.204 e. The van der Waals surface area contributed by atoms with Crippen molar-refractivity contribution in [3.05, 3.63) is 71.5 Å². The lowest BCUT2D eigenvalue weighted by molar-refractivity contribution is 0.448. The predicted molar refractivity (Wildman–Crippen MR) is 87.9 cm³/mol. The van der Waals surface area contributed by atoms with E-state index in [1.807, 2.05) is 18.2 Å². The minimum absolute atomic E-state index is 0.332. The van der Waals surface area contributed by atoms with Crippen molar-refractivity contribution in [1.82, 2.24) is 0 Å². The van der Waals surface area contributed by atoms with E-state index in [4.69, 9.17) is 0 Å². The van der Waals surface area contributed by atoms with E-state index >= 15 is 0 Å². The molecular formula is C20H17F3. The van der Waals surface area contributed by atoms with Gasteiger partial charge >= 0.3 is 0 Å². The summed E-state index contributed by atoms with van der Waals surface area (Å²) in [6.45, 7) is 2.16. The van der Waals surface area contributed by atoms with Crippen molar-refractivity contribution >= 4 is 10.8 Å². The number of hydrogen-bond acceptors (Lipinski definition) is 0. The summed E-state index contributed by atoms with van der Waals surface area (Å²) in [6, 6.07) is 13.9. The van der Waals surface area contributed by atoms with Crippen LogP contribution in [-0.4, -0.2) is 0 Å². The van der Waals surface area contributed by atoms with Gasteiger partial charge in [-0.2, -0.15) is 0 Å². The lowest BCUT2D eigenvalue weighted by Gasteiger charge is -2.07. The first kappa shape index (κ1) is 15.6. The molecule has 0 unspecified atom stereocenters. The van der Waals surface area contributed by atoms with E-state index in [-0.39, 0.29) is 0 Å². The predicted octanol–water partition coefficient (Wildman–Crippen LogP) is 6.27. The minimum atomic E-state index is -1.44. The second-order valence-corrected chi connectivity index (χ2v) is 5.75. The molecule has 3 aromatic carbocycles. The third-order valence-corrected chi connectivity index (χ3v) is 4.04. The standard InChI is InChI=1S/C20H17F3/c1-2-3-4-13-5-6-15-10-16(8-7-14(15)9-13)17-11-18(21)20(23)19(22)12-17/h5-12H,2-4H2,1H3. The molecule has 0 N–H and O–H groups in total. The molecule has 0 spiro atoms. The van der Waals surface area contributed by atoms with E-state index in [0.717, 1.165) is 42.2 Å². The molecule has 0 saturated carbocycles. The quantitative estimate of drug-likeness (QED) is 0.498. The Balaban J connectivity index is 2.00. The van der Waals surface area contributed by atoms with Crippen LogP contribution < -0.4 is 0 Å². The Bertz CT molecular complexity index is 830. The lowest BCUT2D eigenvalue weighted by Crippen LogP contribution is -1.92. The fourth-order valence-electron chi connectivity index (χ4n) is 2.73. The minimum Gasteiger partial charge on any atom is -0.204 e. The third-order valence-electron chi connectivity index (χ3n) is 4.04. The molecule has 0 fully saturated rings. The first-order valence-corrected chi connectivity index (χ1v) is 7.76. The van der Waals surface area contributed by atoms with E-state index in [9.17, 15) is 13.2 Å².